The van der Waals surface area contributed by atoms with Crippen molar-refractivity contribution in [3.05, 3.63) is 24.5 Å². The number of anilines is 1. The Morgan fingerprint density at radius 1 is 1.62 bits per heavy atom. The highest BCUT2D eigenvalue weighted by Crippen LogP contribution is 2.37. The SMILES string of the molecule is C=CCn1cc(C)nc1NC1(CC)CCC1. The first-order chi connectivity index (χ1) is 7.69. The van der Waals surface area contributed by atoms with Crippen LogP contribution in [0, 0.1) is 6.92 Å². The third-order valence-corrected chi connectivity index (χ3v) is 3.59. The molecule has 0 atom stereocenters. The molecule has 0 aliphatic heterocycles. The molecule has 0 saturated heterocycles. The summed E-state index contributed by atoms with van der Waals surface area (Å²) in [5, 5.41) is 3.62. The fourth-order valence-electron chi connectivity index (χ4n) is 2.33. The second-order valence-electron chi connectivity index (χ2n) is 4.76. The van der Waals surface area contributed by atoms with Gasteiger partial charge in [-0.25, -0.2) is 4.98 Å². The van der Waals surface area contributed by atoms with Crippen LogP contribution in [0.4, 0.5) is 5.95 Å². The number of nitrogens with zero attached hydrogens (tertiary/aromatic N) is 2. The Balaban J connectivity index is 2.16. The normalized spacial score (nSPS) is 17.9. The summed E-state index contributed by atoms with van der Waals surface area (Å²) in [5.74, 6) is 0.999. The van der Waals surface area contributed by atoms with E-state index >= 15 is 0 Å². The number of imidazole rings is 1. The van der Waals surface area contributed by atoms with Gasteiger partial charge in [0.25, 0.3) is 0 Å². The van der Waals surface area contributed by atoms with Crippen molar-refractivity contribution in [3.8, 4) is 0 Å². The lowest BCUT2D eigenvalue weighted by molar-refractivity contribution is 0.267. The maximum Gasteiger partial charge on any atom is 0.203 e. The number of aryl methyl sites for hydroxylation is 1. The number of hydrogen-bond acceptors (Lipinski definition) is 2. The van der Waals surface area contributed by atoms with E-state index in [1.54, 1.807) is 0 Å². The van der Waals surface area contributed by atoms with E-state index in [0.717, 1.165) is 18.2 Å². The molecule has 1 aromatic rings. The number of aromatic nitrogens is 2. The average molecular weight is 219 g/mol. The zero-order chi connectivity index (χ0) is 11.6. The van der Waals surface area contributed by atoms with Gasteiger partial charge < -0.3 is 9.88 Å². The van der Waals surface area contributed by atoms with E-state index in [0.29, 0.717) is 5.54 Å². The van der Waals surface area contributed by atoms with Crippen LogP contribution in [0.3, 0.4) is 0 Å². The molecule has 0 radical (unpaired) electrons. The molecule has 16 heavy (non-hydrogen) atoms. The van der Waals surface area contributed by atoms with Crippen molar-refractivity contribution in [2.45, 2.75) is 51.6 Å². The predicted molar refractivity (Wildman–Crippen MR) is 67.7 cm³/mol. The summed E-state index contributed by atoms with van der Waals surface area (Å²) in [6.07, 6.45) is 9.03. The Labute approximate surface area is 97.6 Å². The highest BCUT2D eigenvalue weighted by atomic mass is 15.2. The summed E-state index contributed by atoms with van der Waals surface area (Å²) in [6.45, 7) is 8.88. The zero-order valence-electron chi connectivity index (χ0n) is 10.3. The number of nitrogens with one attached hydrogen (secondary N) is 1. The average Bonchev–Trinajstić information content (AvgIpc) is 2.53. The van der Waals surface area contributed by atoms with Crippen LogP contribution in [0.15, 0.2) is 18.9 Å². The van der Waals surface area contributed by atoms with Crippen molar-refractivity contribution in [2.24, 2.45) is 0 Å². The van der Waals surface area contributed by atoms with E-state index in [2.05, 4.69) is 34.6 Å². The smallest absolute Gasteiger partial charge is 0.203 e. The lowest BCUT2D eigenvalue weighted by Crippen LogP contribution is -2.45. The van der Waals surface area contributed by atoms with Crippen molar-refractivity contribution in [1.29, 1.82) is 0 Å². The van der Waals surface area contributed by atoms with E-state index in [9.17, 15) is 0 Å². The van der Waals surface area contributed by atoms with Gasteiger partial charge in [0.2, 0.25) is 5.95 Å². The fourth-order valence-corrected chi connectivity index (χ4v) is 2.33. The molecule has 1 heterocycles. The molecular formula is C13H21N3. The van der Waals surface area contributed by atoms with Gasteiger partial charge in [-0.3, -0.25) is 0 Å². The van der Waals surface area contributed by atoms with Crippen LogP contribution in [-0.2, 0) is 6.54 Å². The number of allylic oxidation sites excluding steroid dienone is 1. The topological polar surface area (TPSA) is 29.9 Å². The van der Waals surface area contributed by atoms with Crippen molar-refractivity contribution in [1.82, 2.24) is 9.55 Å². The van der Waals surface area contributed by atoms with Crippen molar-refractivity contribution < 1.29 is 0 Å². The van der Waals surface area contributed by atoms with E-state index in [-0.39, 0.29) is 0 Å². The molecule has 2 rings (SSSR count). The van der Waals surface area contributed by atoms with E-state index in [1.165, 1.54) is 25.7 Å². The van der Waals surface area contributed by atoms with Gasteiger partial charge in [-0.1, -0.05) is 13.0 Å². The summed E-state index contributed by atoms with van der Waals surface area (Å²) in [4.78, 5) is 4.55. The quantitative estimate of drug-likeness (QED) is 0.771. The molecule has 1 aliphatic carbocycles. The molecule has 0 amide bonds. The van der Waals surface area contributed by atoms with Crippen molar-refractivity contribution in [2.75, 3.05) is 5.32 Å². The van der Waals surface area contributed by atoms with E-state index in [4.69, 9.17) is 0 Å². The molecule has 1 aromatic heterocycles. The van der Waals surface area contributed by atoms with Gasteiger partial charge in [-0.05, 0) is 32.6 Å². The Morgan fingerprint density at radius 3 is 2.88 bits per heavy atom. The second kappa shape index (κ2) is 4.32. The fraction of sp³-hybridized carbons (Fsp3) is 0.615. The first kappa shape index (κ1) is 11.2. The number of rotatable bonds is 5. The molecular weight excluding hydrogens is 198 g/mol. The largest absolute Gasteiger partial charge is 0.350 e. The Morgan fingerprint density at radius 2 is 2.38 bits per heavy atom. The van der Waals surface area contributed by atoms with Crippen LogP contribution in [-0.4, -0.2) is 15.1 Å². The Kier molecular flexibility index (Phi) is 3.03. The molecule has 3 nitrogen and oxygen atoms in total. The lowest BCUT2D eigenvalue weighted by Gasteiger charge is -2.42. The summed E-state index contributed by atoms with van der Waals surface area (Å²) < 4.78 is 2.14. The molecule has 0 aromatic carbocycles. The second-order valence-corrected chi connectivity index (χ2v) is 4.76. The van der Waals surface area contributed by atoms with Gasteiger partial charge in [-0.15, -0.1) is 6.58 Å². The summed E-state index contributed by atoms with van der Waals surface area (Å²) in [7, 11) is 0. The van der Waals surface area contributed by atoms with Gasteiger partial charge in [0.15, 0.2) is 0 Å². The third kappa shape index (κ3) is 1.99. The van der Waals surface area contributed by atoms with Crippen molar-refractivity contribution in [3.63, 3.8) is 0 Å². The maximum absolute atomic E-state index is 4.55. The minimum Gasteiger partial charge on any atom is -0.350 e. The highest BCUT2D eigenvalue weighted by Gasteiger charge is 2.35. The van der Waals surface area contributed by atoms with Crippen molar-refractivity contribution >= 4 is 5.95 Å². The molecule has 0 bridgehead atoms. The van der Waals surface area contributed by atoms with Crippen LogP contribution < -0.4 is 5.32 Å². The third-order valence-electron chi connectivity index (χ3n) is 3.59. The van der Waals surface area contributed by atoms with Gasteiger partial charge in [0.05, 0.1) is 5.69 Å². The summed E-state index contributed by atoms with van der Waals surface area (Å²) in [6, 6.07) is 0. The number of hydrogen-bond donors (Lipinski definition) is 1. The highest BCUT2D eigenvalue weighted by molar-refractivity contribution is 5.34. The standard InChI is InChI=1S/C13H21N3/c1-4-9-16-10-11(3)14-12(16)15-13(5-2)7-6-8-13/h4,10H,1,5-9H2,2-3H3,(H,14,15). The maximum atomic E-state index is 4.55. The molecule has 0 unspecified atom stereocenters. The molecule has 3 heteroatoms. The Hall–Kier alpha value is -1.25. The summed E-state index contributed by atoms with van der Waals surface area (Å²) >= 11 is 0. The van der Waals surface area contributed by atoms with E-state index in [1.807, 2.05) is 13.0 Å². The molecule has 88 valence electrons. The molecule has 1 saturated carbocycles. The lowest BCUT2D eigenvalue weighted by atomic mass is 9.75. The first-order valence-corrected chi connectivity index (χ1v) is 6.12. The predicted octanol–water partition coefficient (Wildman–Crippen LogP) is 3.12. The molecule has 1 N–H and O–H groups in total. The van der Waals surface area contributed by atoms with Gasteiger partial charge >= 0.3 is 0 Å². The monoisotopic (exact) mass is 219 g/mol. The van der Waals surface area contributed by atoms with Gasteiger partial charge in [-0.2, -0.15) is 0 Å². The minimum atomic E-state index is 0.302. The van der Waals surface area contributed by atoms with Gasteiger partial charge in [0.1, 0.15) is 0 Å². The van der Waals surface area contributed by atoms with Crippen LogP contribution in [0.5, 0.6) is 0 Å². The minimum absolute atomic E-state index is 0.302. The first-order valence-electron chi connectivity index (χ1n) is 6.12. The molecule has 1 aliphatic rings. The zero-order valence-corrected chi connectivity index (χ0v) is 10.3. The van der Waals surface area contributed by atoms with Gasteiger partial charge in [0, 0.05) is 18.3 Å². The molecule has 0 spiro atoms. The molecule has 1 fully saturated rings. The summed E-state index contributed by atoms with van der Waals surface area (Å²) in [5.41, 5.74) is 1.37. The van der Waals surface area contributed by atoms with Crippen LogP contribution in [0.1, 0.15) is 38.3 Å². The van der Waals surface area contributed by atoms with Crippen LogP contribution >= 0.6 is 0 Å². The Bertz CT molecular complexity index is 369. The van der Waals surface area contributed by atoms with Crippen LogP contribution in [0.2, 0.25) is 0 Å². The van der Waals surface area contributed by atoms with Crippen LogP contribution in [0.25, 0.3) is 0 Å². The van der Waals surface area contributed by atoms with E-state index < -0.39 is 0 Å².